The van der Waals surface area contributed by atoms with Crippen LogP contribution in [0.5, 0.6) is 0 Å². The summed E-state index contributed by atoms with van der Waals surface area (Å²) in [5.41, 5.74) is 4.39. The van der Waals surface area contributed by atoms with Gasteiger partial charge in [0, 0.05) is 37.4 Å². The quantitative estimate of drug-likeness (QED) is 0.896. The van der Waals surface area contributed by atoms with Crippen molar-refractivity contribution in [2.75, 3.05) is 31.1 Å². The van der Waals surface area contributed by atoms with Gasteiger partial charge < -0.3 is 10.2 Å². The number of anilines is 1. The molecular weight excluding hydrogens is 282 g/mol. The number of benzene rings is 1. The van der Waals surface area contributed by atoms with Crippen LogP contribution in [0.15, 0.2) is 18.2 Å². The fourth-order valence-corrected chi connectivity index (χ4v) is 4.13. The highest BCUT2D eigenvalue weighted by atomic mass is 15.2. The van der Waals surface area contributed by atoms with Crippen LogP contribution in [0.1, 0.15) is 50.7 Å². The van der Waals surface area contributed by atoms with Crippen LogP contribution in [0.2, 0.25) is 0 Å². The van der Waals surface area contributed by atoms with Gasteiger partial charge in [0.15, 0.2) is 0 Å². The second-order valence-corrected chi connectivity index (χ2v) is 7.57. The maximum absolute atomic E-state index is 3.50. The summed E-state index contributed by atoms with van der Waals surface area (Å²) in [6.07, 6.45) is 5.25. The summed E-state index contributed by atoms with van der Waals surface area (Å²) in [5, 5.41) is 3.50. The van der Waals surface area contributed by atoms with Gasteiger partial charge in [-0.1, -0.05) is 12.1 Å². The van der Waals surface area contributed by atoms with Gasteiger partial charge in [0.25, 0.3) is 0 Å². The van der Waals surface area contributed by atoms with Crippen molar-refractivity contribution in [3.63, 3.8) is 0 Å². The Hall–Kier alpha value is -1.06. The molecule has 3 rings (SSSR count). The van der Waals surface area contributed by atoms with Crippen molar-refractivity contribution in [2.45, 2.75) is 65.1 Å². The zero-order valence-corrected chi connectivity index (χ0v) is 15.1. The highest BCUT2D eigenvalue weighted by Crippen LogP contribution is 2.29. The molecule has 0 amide bonds. The molecule has 2 heterocycles. The van der Waals surface area contributed by atoms with E-state index in [0.29, 0.717) is 6.04 Å². The van der Waals surface area contributed by atoms with E-state index in [1.54, 1.807) is 0 Å². The summed E-state index contributed by atoms with van der Waals surface area (Å²) in [6, 6.07) is 8.39. The Balaban J connectivity index is 1.81. The molecule has 1 aromatic carbocycles. The predicted octanol–water partition coefficient (Wildman–Crippen LogP) is 3.56. The smallest absolute Gasteiger partial charge is 0.0414 e. The van der Waals surface area contributed by atoms with E-state index < -0.39 is 0 Å². The van der Waals surface area contributed by atoms with Crippen LogP contribution < -0.4 is 10.2 Å². The average molecular weight is 316 g/mol. The third kappa shape index (κ3) is 4.07. The van der Waals surface area contributed by atoms with E-state index in [-0.39, 0.29) is 0 Å². The fourth-order valence-electron chi connectivity index (χ4n) is 4.13. The average Bonchev–Trinajstić information content (AvgIpc) is 3.08. The molecule has 23 heavy (non-hydrogen) atoms. The van der Waals surface area contributed by atoms with Gasteiger partial charge in [-0.05, 0) is 76.7 Å². The molecule has 2 aliphatic rings. The fraction of sp³-hybridized carbons (Fsp3) is 0.700. The molecule has 0 aliphatic carbocycles. The van der Waals surface area contributed by atoms with Crippen molar-refractivity contribution in [1.29, 1.82) is 0 Å². The number of aryl methyl sites for hydroxylation is 1. The van der Waals surface area contributed by atoms with E-state index in [9.17, 15) is 0 Å². The minimum absolute atomic E-state index is 0.603. The van der Waals surface area contributed by atoms with Crippen molar-refractivity contribution < 1.29 is 0 Å². The van der Waals surface area contributed by atoms with E-state index in [2.05, 4.69) is 54.1 Å². The van der Waals surface area contributed by atoms with Crippen LogP contribution in [0.4, 0.5) is 5.69 Å². The van der Waals surface area contributed by atoms with Crippen LogP contribution in [-0.2, 0) is 6.54 Å². The number of rotatable bonds is 5. The lowest BCUT2D eigenvalue weighted by Crippen LogP contribution is -2.46. The summed E-state index contributed by atoms with van der Waals surface area (Å²) >= 11 is 0. The normalized spacial score (nSPS) is 20.0. The van der Waals surface area contributed by atoms with Crippen LogP contribution in [-0.4, -0.2) is 43.2 Å². The van der Waals surface area contributed by atoms with Crippen molar-refractivity contribution >= 4 is 5.69 Å². The Morgan fingerprint density at radius 1 is 1.17 bits per heavy atom. The second kappa shape index (κ2) is 7.67. The van der Waals surface area contributed by atoms with Gasteiger partial charge in [-0.3, -0.25) is 4.90 Å². The first-order chi connectivity index (χ1) is 11.1. The monoisotopic (exact) mass is 315 g/mol. The Morgan fingerprint density at radius 2 is 1.87 bits per heavy atom. The van der Waals surface area contributed by atoms with E-state index in [4.69, 9.17) is 0 Å². The Labute approximate surface area is 142 Å². The SMILES string of the molecule is Cc1ccc(CN(C(C)C)C2CCNCC2)c(N2CCCC2)c1. The van der Waals surface area contributed by atoms with E-state index in [1.807, 2.05) is 0 Å². The first-order valence-electron chi connectivity index (χ1n) is 9.46. The molecule has 2 aliphatic heterocycles. The van der Waals surface area contributed by atoms with E-state index in [1.165, 1.54) is 68.7 Å². The second-order valence-electron chi connectivity index (χ2n) is 7.57. The number of hydrogen-bond donors (Lipinski definition) is 1. The number of hydrogen-bond acceptors (Lipinski definition) is 3. The molecule has 0 aromatic heterocycles. The molecule has 0 bridgehead atoms. The summed E-state index contributed by atoms with van der Waals surface area (Å²) in [4.78, 5) is 5.33. The lowest BCUT2D eigenvalue weighted by molar-refractivity contribution is 0.117. The summed E-state index contributed by atoms with van der Waals surface area (Å²) in [6.45, 7) is 12.8. The molecule has 0 atom stereocenters. The molecule has 0 spiro atoms. The highest BCUT2D eigenvalue weighted by molar-refractivity contribution is 5.56. The first kappa shape index (κ1) is 16.8. The van der Waals surface area contributed by atoms with Crippen molar-refractivity contribution in [2.24, 2.45) is 0 Å². The van der Waals surface area contributed by atoms with Gasteiger partial charge in [-0.25, -0.2) is 0 Å². The number of nitrogens with zero attached hydrogens (tertiary/aromatic N) is 2. The van der Waals surface area contributed by atoms with E-state index in [0.717, 1.165) is 12.6 Å². The van der Waals surface area contributed by atoms with Crippen molar-refractivity contribution in [3.8, 4) is 0 Å². The zero-order valence-electron chi connectivity index (χ0n) is 15.1. The third-order valence-electron chi connectivity index (χ3n) is 5.48. The van der Waals surface area contributed by atoms with Crippen molar-refractivity contribution in [3.05, 3.63) is 29.3 Å². The highest BCUT2D eigenvalue weighted by Gasteiger charge is 2.25. The summed E-state index contributed by atoms with van der Waals surface area (Å²) < 4.78 is 0. The maximum Gasteiger partial charge on any atom is 0.0414 e. The Kier molecular flexibility index (Phi) is 5.60. The van der Waals surface area contributed by atoms with Gasteiger partial charge in [-0.2, -0.15) is 0 Å². The lowest BCUT2D eigenvalue weighted by Gasteiger charge is -2.38. The molecule has 128 valence electrons. The molecule has 0 radical (unpaired) electrons. The third-order valence-corrected chi connectivity index (χ3v) is 5.48. The Morgan fingerprint density at radius 3 is 2.52 bits per heavy atom. The topological polar surface area (TPSA) is 18.5 Å². The van der Waals surface area contributed by atoms with Gasteiger partial charge in [0.05, 0.1) is 0 Å². The number of piperidine rings is 1. The molecular formula is C20H33N3. The minimum Gasteiger partial charge on any atom is -0.371 e. The predicted molar refractivity (Wildman–Crippen MR) is 99.2 cm³/mol. The molecule has 0 saturated carbocycles. The van der Waals surface area contributed by atoms with Crippen LogP contribution in [0.25, 0.3) is 0 Å². The molecule has 3 heteroatoms. The van der Waals surface area contributed by atoms with Crippen LogP contribution in [0.3, 0.4) is 0 Å². The maximum atomic E-state index is 3.50. The van der Waals surface area contributed by atoms with Gasteiger partial charge in [-0.15, -0.1) is 0 Å². The van der Waals surface area contributed by atoms with Crippen molar-refractivity contribution in [1.82, 2.24) is 10.2 Å². The van der Waals surface area contributed by atoms with Crippen LogP contribution >= 0.6 is 0 Å². The molecule has 0 unspecified atom stereocenters. The van der Waals surface area contributed by atoms with Gasteiger partial charge in [0.1, 0.15) is 0 Å². The largest absolute Gasteiger partial charge is 0.371 e. The zero-order chi connectivity index (χ0) is 16.2. The standard InChI is InChI=1S/C20H33N3/c1-16(2)23(19-8-10-21-11-9-19)15-18-7-6-17(3)14-20(18)22-12-4-5-13-22/h6-7,14,16,19,21H,4-5,8-13,15H2,1-3H3. The molecule has 1 N–H and O–H groups in total. The summed E-state index contributed by atoms with van der Waals surface area (Å²) in [5.74, 6) is 0. The molecule has 3 nitrogen and oxygen atoms in total. The van der Waals surface area contributed by atoms with E-state index >= 15 is 0 Å². The lowest BCUT2D eigenvalue weighted by atomic mass is 10.0. The van der Waals surface area contributed by atoms with Gasteiger partial charge in [0.2, 0.25) is 0 Å². The first-order valence-corrected chi connectivity index (χ1v) is 9.46. The Bertz CT molecular complexity index is 500. The molecule has 2 saturated heterocycles. The summed E-state index contributed by atoms with van der Waals surface area (Å²) in [7, 11) is 0. The molecule has 2 fully saturated rings. The molecule has 1 aromatic rings. The van der Waals surface area contributed by atoms with Gasteiger partial charge >= 0.3 is 0 Å². The minimum atomic E-state index is 0.603. The van der Waals surface area contributed by atoms with Crippen LogP contribution in [0, 0.1) is 6.92 Å². The number of nitrogens with one attached hydrogen (secondary N) is 1.